The summed E-state index contributed by atoms with van der Waals surface area (Å²) in [5, 5.41) is 8.32. The smallest absolute Gasteiger partial charge is 0.191 e. The van der Waals surface area contributed by atoms with E-state index in [0.717, 1.165) is 29.8 Å². The van der Waals surface area contributed by atoms with Crippen LogP contribution in [0.4, 0.5) is 0 Å². The number of aliphatic imine (C=N–C) groups is 1. The van der Waals surface area contributed by atoms with Crippen molar-refractivity contribution >= 4 is 17.3 Å². The third kappa shape index (κ3) is 2.97. The van der Waals surface area contributed by atoms with Crippen LogP contribution in [0.5, 0.6) is 0 Å². The average Bonchev–Trinajstić information content (AvgIpc) is 3.30. The Morgan fingerprint density at radius 1 is 1.36 bits per heavy atom. The number of guanidine groups is 1. The molecule has 2 saturated carbocycles. The quantitative estimate of drug-likeness (QED) is 0.638. The van der Waals surface area contributed by atoms with Gasteiger partial charge in [0.25, 0.3) is 0 Å². The van der Waals surface area contributed by atoms with Gasteiger partial charge in [0, 0.05) is 35.4 Å². The lowest BCUT2D eigenvalue weighted by atomic mass is 9.54. The Morgan fingerprint density at radius 3 is 2.84 bits per heavy atom. The van der Waals surface area contributed by atoms with Gasteiger partial charge in [-0.05, 0) is 40.0 Å². The Bertz CT molecular complexity index is 630. The number of nitrogens with zero attached hydrogens (tertiary/aromatic N) is 2. The zero-order valence-electron chi connectivity index (χ0n) is 15.6. The molecular formula is C19H30N4OS. The van der Waals surface area contributed by atoms with Crippen LogP contribution in [0.15, 0.2) is 4.99 Å². The van der Waals surface area contributed by atoms with Crippen LogP contribution in [-0.2, 0) is 11.3 Å². The van der Waals surface area contributed by atoms with E-state index in [9.17, 15) is 0 Å². The van der Waals surface area contributed by atoms with Crippen LogP contribution in [0.25, 0.3) is 0 Å². The Kier molecular flexibility index (Phi) is 4.75. The van der Waals surface area contributed by atoms with Crippen LogP contribution in [0.2, 0.25) is 0 Å². The lowest BCUT2D eigenvalue weighted by molar-refractivity contribution is -0.125. The number of aromatic nitrogens is 1. The molecule has 0 amide bonds. The summed E-state index contributed by atoms with van der Waals surface area (Å²) in [4.78, 5) is 10.7. The Morgan fingerprint density at radius 2 is 2.16 bits per heavy atom. The Hall–Kier alpha value is -1.14. The minimum absolute atomic E-state index is 0.353. The normalized spacial score (nSPS) is 30.4. The van der Waals surface area contributed by atoms with Crippen LogP contribution < -0.4 is 10.6 Å². The van der Waals surface area contributed by atoms with E-state index in [1.807, 2.05) is 0 Å². The van der Waals surface area contributed by atoms with Crippen molar-refractivity contribution in [1.82, 2.24) is 15.6 Å². The molecule has 0 bridgehead atoms. The minimum Gasteiger partial charge on any atom is -0.377 e. The van der Waals surface area contributed by atoms with Gasteiger partial charge in [0.2, 0.25) is 0 Å². The Balaban J connectivity index is 1.48. The molecule has 3 unspecified atom stereocenters. The van der Waals surface area contributed by atoms with Crippen molar-refractivity contribution in [3.63, 3.8) is 0 Å². The number of aryl methyl sites for hydroxylation is 2. The molecule has 138 valence electrons. The molecular weight excluding hydrogens is 332 g/mol. The van der Waals surface area contributed by atoms with Crippen molar-refractivity contribution in [1.29, 1.82) is 0 Å². The van der Waals surface area contributed by atoms with Gasteiger partial charge in [-0.15, -0.1) is 11.3 Å². The zero-order chi connectivity index (χ0) is 17.4. The highest BCUT2D eigenvalue weighted by Gasteiger charge is 2.65. The van der Waals surface area contributed by atoms with Crippen molar-refractivity contribution in [2.75, 3.05) is 13.2 Å². The molecule has 2 aliphatic carbocycles. The molecule has 0 aromatic carbocycles. The Labute approximate surface area is 154 Å². The van der Waals surface area contributed by atoms with Gasteiger partial charge in [-0.25, -0.2) is 9.98 Å². The summed E-state index contributed by atoms with van der Waals surface area (Å²) in [6.45, 7) is 8.79. The monoisotopic (exact) mass is 362 g/mol. The third-order valence-corrected chi connectivity index (χ3v) is 7.43. The summed E-state index contributed by atoms with van der Waals surface area (Å²) < 4.78 is 6.10. The van der Waals surface area contributed by atoms with E-state index in [1.165, 1.54) is 37.0 Å². The number of ether oxygens (including phenoxy) is 1. The number of thiazole rings is 1. The number of nitrogens with one attached hydrogen (secondary N) is 2. The molecule has 5 nitrogen and oxygen atoms in total. The summed E-state index contributed by atoms with van der Waals surface area (Å²) in [6, 6.07) is 0.514. The second kappa shape index (κ2) is 6.88. The van der Waals surface area contributed by atoms with Crippen molar-refractivity contribution in [2.45, 2.75) is 71.6 Å². The van der Waals surface area contributed by atoms with E-state index in [1.54, 1.807) is 11.3 Å². The zero-order valence-corrected chi connectivity index (χ0v) is 16.4. The van der Waals surface area contributed by atoms with Gasteiger partial charge in [-0.3, -0.25) is 0 Å². The SMILES string of the molecule is CCNC(=NCc1nc(C)c(C)s1)NC1C2CCOC2C12CCCC2. The molecule has 4 rings (SSSR count). The highest BCUT2D eigenvalue weighted by Crippen LogP contribution is 2.60. The van der Waals surface area contributed by atoms with Gasteiger partial charge < -0.3 is 15.4 Å². The second-order valence-corrected chi connectivity index (χ2v) is 9.04. The lowest BCUT2D eigenvalue weighted by Crippen LogP contribution is -2.69. The molecule has 1 aliphatic heterocycles. The first-order valence-electron chi connectivity index (χ1n) is 9.73. The predicted molar refractivity (Wildman–Crippen MR) is 102 cm³/mol. The first-order chi connectivity index (χ1) is 12.1. The predicted octanol–water partition coefficient (Wildman–Crippen LogP) is 3.16. The molecule has 2 heterocycles. The van der Waals surface area contributed by atoms with Crippen molar-refractivity contribution in [3.8, 4) is 0 Å². The van der Waals surface area contributed by atoms with Crippen molar-refractivity contribution < 1.29 is 4.74 Å². The summed E-state index contributed by atoms with van der Waals surface area (Å²) in [5.74, 6) is 1.60. The summed E-state index contributed by atoms with van der Waals surface area (Å²) in [6.07, 6.45) is 6.96. The first kappa shape index (κ1) is 17.3. The number of hydrogen-bond acceptors (Lipinski definition) is 4. The van der Waals surface area contributed by atoms with Gasteiger partial charge in [0.15, 0.2) is 5.96 Å². The molecule has 1 saturated heterocycles. The fourth-order valence-corrected chi connectivity index (χ4v) is 5.98. The van der Waals surface area contributed by atoms with E-state index in [4.69, 9.17) is 9.73 Å². The summed E-state index contributed by atoms with van der Waals surface area (Å²) in [5.41, 5.74) is 1.48. The minimum atomic E-state index is 0.353. The molecule has 1 aromatic rings. The van der Waals surface area contributed by atoms with E-state index < -0.39 is 0 Å². The molecule has 1 aromatic heterocycles. The van der Waals surface area contributed by atoms with Crippen LogP contribution in [0.3, 0.4) is 0 Å². The topological polar surface area (TPSA) is 58.5 Å². The van der Waals surface area contributed by atoms with Crippen LogP contribution in [0.1, 0.15) is 54.6 Å². The molecule has 3 aliphatic rings. The molecule has 3 fully saturated rings. The number of fused-ring (bicyclic) bond motifs is 2. The summed E-state index contributed by atoms with van der Waals surface area (Å²) >= 11 is 1.75. The number of hydrogen-bond donors (Lipinski definition) is 2. The fourth-order valence-electron chi connectivity index (χ4n) is 5.12. The van der Waals surface area contributed by atoms with Crippen molar-refractivity contribution in [3.05, 3.63) is 15.6 Å². The van der Waals surface area contributed by atoms with Crippen LogP contribution in [0, 0.1) is 25.2 Å². The molecule has 6 heteroatoms. The van der Waals surface area contributed by atoms with Gasteiger partial charge in [-0.1, -0.05) is 12.8 Å². The molecule has 25 heavy (non-hydrogen) atoms. The highest BCUT2D eigenvalue weighted by molar-refractivity contribution is 7.11. The molecule has 2 N–H and O–H groups in total. The standard InChI is InChI=1S/C19H30N4OS/c1-4-20-18(21-11-15-22-12(2)13(3)25-15)23-16-14-7-10-24-17(14)19(16)8-5-6-9-19/h14,16-17H,4-11H2,1-3H3,(H2,20,21,23). The van der Waals surface area contributed by atoms with Crippen LogP contribution in [-0.4, -0.2) is 36.2 Å². The van der Waals surface area contributed by atoms with Crippen molar-refractivity contribution in [2.24, 2.45) is 16.3 Å². The molecule has 3 atom stereocenters. The lowest BCUT2D eigenvalue weighted by Gasteiger charge is -2.57. The van der Waals surface area contributed by atoms with E-state index in [-0.39, 0.29) is 0 Å². The second-order valence-electron chi connectivity index (χ2n) is 7.75. The fraction of sp³-hybridized carbons (Fsp3) is 0.789. The maximum Gasteiger partial charge on any atom is 0.191 e. The van der Waals surface area contributed by atoms with E-state index in [2.05, 4.69) is 36.4 Å². The van der Waals surface area contributed by atoms with Crippen LogP contribution >= 0.6 is 11.3 Å². The van der Waals surface area contributed by atoms with Gasteiger partial charge in [0.1, 0.15) is 5.01 Å². The van der Waals surface area contributed by atoms with Gasteiger partial charge >= 0.3 is 0 Å². The van der Waals surface area contributed by atoms with Gasteiger partial charge in [0.05, 0.1) is 18.3 Å². The maximum absolute atomic E-state index is 6.10. The van der Waals surface area contributed by atoms with E-state index in [0.29, 0.717) is 30.0 Å². The highest BCUT2D eigenvalue weighted by atomic mass is 32.1. The third-order valence-electron chi connectivity index (χ3n) is 6.37. The van der Waals surface area contributed by atoms with Gasteiger partial charge in [-0.2, -0.15) is 0 Å². The largest absolute Gasteiger partial charge is 0.377 e. The molecule has 0 radical (unpaired) electrons. The summed E-state index contributed by atoms with van der Waals surface area (Å²) in [7, 11) is 0. The number of rotatable bonds is 4. The first-order valence-corrected chi connectivity index (χ1v) is 10.5. The maximum atomic E-state index is 6.10. The molecule has 1 spiro atoms. The average molecular weight is 363 g/mol. The van der Waals surface area contributed by atoms with E-state index >= 15 is 0 Å².